The monoisotopic (exact) mass is 174 g/mol. The Balaban J connectivity index is 3.33. The summed E-state index contributed by atoms with van der Waals surface area (Å²) in [6, 6.07) is -0.215. The van der Waals surface area contributed by atoms with E-state index in [2.05, 4.69) is 10.6 Å². The third-order valence-corrected chi connectivity index (χ3v) is 1.46. The van der Waals surface area contributed by atoms with Gasteiger partial charge in [0.15, 0.2) is 0 Å². The highest BCUT2D eigenvalue weighted by molar-refractivity contribution is 5.73. The fourth-order valence-corrected chi connectivity index (χ4v) is 0.869. The number of hydrogen-bond donors (Lipinski definition) is 3. The van der Waals surface area contributed by atoms with Gasteiger partial charge in [-0.05, 0) is 13.3 Å². The molecule has 0 aliphatic carbocycles. The largest absolute Gasteiger partial charge is 0.391 e. The van der Waals surface area contributed by atoms with Gasteiger partial charge in [-0.15, -0.1) is 0 Å². The quantitative estimate of drug-likeness (QED) is 0.567. The number of rotatable bonds is 5. The summed E-state index contributed by atoms with van der Waals surface area (Å²) >= 11 is 0. The third kappa shape index (κ3) is 5.97. The minimum Gasteiger partial charge on any atom is -0.391 e. The Morgan fingerprint density at radius 1 is 1.42 bits per heavy atom. The molecule has 1 atom stereocenters. The van der Waals surface area contributed by atoms with E-state index in [0.29, 0.717) is 13.1 Å². The minimum absolute atomic E-state index is 0.215. The van der Waals surface area contributed by atoms with Crippen molar-refractivity contribution in [3.05, 3.63) is 0 Å². The van der Waals surface area contributed by atoms with Gasteiger partial charge in [-0.2, -0.15) is 0 Å². The van der Waals surface area contributed by atoms with Crippen molar-refractivity contribution in [1.29, 1.82) is 0 Å². The lowest BCUT2D eigenvalue weighted by atomic mass is 10.2. The van der Waals surface area contributed by atoms with Crippen molar-refractivity contribution in [1.82, 2.24) is 10.6 Å². The maximum atomic E-state index is 10.8. The van der Waals surface area contributed by atoms with Crippen molar-refractivity contribution >= 4 is 6.03 Å². The number of carbonyl (C=O) groups is 1. The zero-order valence-electron chi connectivity index (χ0n) is 7.76. The molecule has 0 spiro atoms. The van der Waals surface area contributed by atoms with E-state index in [9.17, 15) is 9.90 Å². The van der Waals surface area contributed by atoms with Gasteiger partial charge < -0.3 is 15.7 Å². The molecule has 0 bridgehead atoms. The molecular formula is C8H18N2O2. The van der Waals surface area contributed by atoms with E-state index < -0.39 is 6.10 Å². The highest BCUT2D eigenvalue weighted by Crippen LogP contribution is 1.93. The van der Waals surface area contributed by atoms with E-state index in [0.717, 1.165) is 12.8 Å². The van der Waals surface area contributed by atoms with Crippen molar-refractivity contribution in [2.75, 3.05) is 13.1 Å². The molecule has 12 heavy (non-hydrogen) atoms. The van der Waals surface area contributed by atoms with E-state index in [4.69, 9.17) is 0 Å². The van der Waals surface area contributed by atoms with Crippen LogP contribution in [0.2, 0.25) is 0 Å². The molecule has 0 fully saturated rings. The molecule has 0 aliphatic heterocycles. The molecule has 2 amide bonds. The van der Waals surface area contributed by atoms with Crippen molar-refractivity contribution in [3.63, 3.8) is 0 Å². The number of aliphatic hydroxyl groups is 1. The molecule has 4 heteroatoms. The fourth-order valence-electron chi connectivity index (χ4n) is 0.869. The van der Waals surface area contributed by atoms with E-state index in [1.165, 1.54) is 0 Å². The van der Waals surface area contributed by atoms with Gasteiger partial charge in [0.2, 0.25) is 0 Å². The van der Waals surface area contributed by atoms with Crippen molar-refractivity contribution in [2.24, 2.45) is 0 Å². The van der Waals surface area contributed by atoms with Crippen LogP contribution < -0.4 is 10.6 Å². The molecule has 1 unspecified atom stereocenters. The normalized spacial score (nSPS) is 12.2. The predicted octanol–water partition coefficient (Wildman–Crippen LogP) is 0.467. The zero-order chi connectivity index (χ0) is 9.40. The summed E-state index contributed by atoms with van der Waals surface area (Å²) in [6.45, 7) is 4.78. The van der Waals surface area contributed by atoms with Crippen LogP contribution in [0.15, 0.2) is 0 Å². The topological polar surface area (TPSA) is 61.4 Å². The summed E-state index contributed by atoms with van der Waals surface area (Å²) in [5.74, 6) is 0. The standard InChI is InChI=1S/C8H18N2O2/c1-3-5-7(11)6-10-8(12)9-4-2/h7,11H,3-6H2,1-2H3,(H2,9,10,12). The van der Waals surface area contributed by atoms with Crippen LogP contribution in [-0.4, -0.2) is 30.3 Å². The lowest BCUT2D eigenvalue weighted by Crippen LogP contribution is -2.39. The molecule has 0 rings (SSSR count). The average molecular weight is 174 g/mol. The number of carbonyl (C=O) groups excluding carboxylic acids is 1. The molecule has 0 aromatic carbocycles. The maximum absolute atomic E-state index is 10.8. The summed E-state index contributed by atoms with van der Waals surface area (Å²) in [4.78, 5) is 10.8. The van der Waals surface area contributed by atoms with Gasteiger partial charge in [-0.3, -0.25) is 0 Å². The second-order valence-electron chi connectivity index (χ2n) is 2.68. The van der Waals surface area contributed by atoms with E-state index in [-0.39, 0.29) is 6.03 Å². The molecule has 3 N–H and O–H groups in total. The Morgan fingerprint density at radius 3 is 2.58 bits per heavy atom. The molecule has 72 valence electrons. The Morgan fingerprint density at radius 2 is 2.08 bits per heavy atom. The van der Waals surface area contributed by atoms with Crippen LogP contribution in [0.4, 0.5) is 4.79 Å². The van der Waals surface area contributed by atoms with Crippen molar-refractivity contribution < 1.29 is 9.90 Å². The Labute approximate surface area is 73.3 Å². The van der Waals surface area contributed by atoms with Gasteiger partial charge in [0.25, 0.3) is 0 Å². The highest BCUT2D eigenvalue weighted by Gasteiger charge is 2.03. The van der Waals surface area contributed by atoms with E-state index in [1.807, 2.05) is 13.8 Å². The number of aliphatic hydroxyl groups excluding tert-OH is 1. The van der Waals surface area contributed by atoms with Crippen LogP contribution in [0.3, 0.4) is 0 Å². The lowest BCUT2D eigenvalue weighted by Gasteiger charge is -2.10. The molecule has 0 aliphatic rings. The first-order chi connectivity index (χ1) is 5.70. The van der Waals surface area contributed by atoms with Crippen molar-refractivity contribution in [3.8, 4) is 0 Å². The summed E-state index contributed by atoms with van der Waals surface area (Å²) in [5, 5.41) is 14.4. The summed E-state index contributed by atoms with van der Waals surface area (Å²) in [6.07, 6.45) is 1.24. The van der Waals surface area contributed by atoms with E-state index in [1.54, 1.807) is 0 Å². The van der Waals surface area contributed by atoms with Gasteiger partial charge in [0.1, 0.15) is 0 Å². The van der Waals surface area contributed by atoms with E-state index >= 15 is 0 Å². The first-order valence-corrected chi connectivity index (χ1v) is 4.40. The molecule has 4 nitrogen and oxygen atoms in total. The zero-order valence-corrected chi connectivity index (χ0v) is 7.76. The molecule has 0 radical (unpaired) electrons. The SMILES string of the molecule is CCCC(O)CNC(=O)NCC. The van der Waals surface area contributed by atoms with Crippen LogP contribution in [-0.2, 0) is 0 Å². The van der Waals surface area contributed by atoms with Crippen LogP contribution in [0.25, 0.3) is 0 Å². The average Bonchev–Trinajstić information content (AvgIpc) is 2.02. The molecule has 0 aromatic rings. The molecule has 0 saturated carbocycles. The van der Waals surface area contributed by atoms with Gasteiger partial charge in [0.05, 0.1) is 6.10 Å². The number of hydrogen-bond acceptors (Lipinski definition) is 2. The van der Waals surface area contributed by atoms with Crippen LogP contribution in [0, 0.1) is 0 Å². The number of urea groups is 1. The first-order valence-electron chi connectivity index (χ1n) is 4.40. The summed E-state index contributed by atoms with van der Waals surface area (Å²) < 4.78 is 0. The molecule has 0 saturated heterocycles. The highest BCUT2D eigenvalue weighted by atomic mass is 16.3. The van der Waals surface area contributed by atoms with Gasteiger partial charge >= 0.3 is 6.03 Å². The van der Waals surface area contributed by atoms with Crippen molar-refractivity contribution in [2.45, 2.75) is 32.8 Å². The Hall–Kier alpha value is -0.770. The van der Waals surface area contributed by atoms with Crippen LogP contribution in [0.1, 0.15) is 26.7 Å². The lowest BCUT2D eigenvalue weighted by molar-refractivity contribution is 0.160. The minimum atomic E-state index is -0.419. The molecule has 0 heterocycles. The maximum Gasteiger partial charge on any atom is 0.314 e. The molecule has 0 aromatic heterocycles. The smallest absolute Gasteiger partial charge is 0.314 e. The predicted molar refractivity (Wildman–Crippen MR) is 48.0 cm³/mol. The molecular weight excluding hydrogens is 156 g/mol. The Kier molecular flexibility index (Phi) is 6.47. The first kappa shape index (κ1) is 11.2. The van der Waals surface area contributed by atoms with Crippen LogP contribution in [0.5, 0.6) is 0 Å². The van der Waals surface area contributed by atoms with Crippen LogP contribution >= 0.6 is 0 Å². The number of amides is 2. The summed E-state index contributed by atoms with van der Waals surface area (Å²) in [5.41, 5.74) is 0. The second-order valence-corrected chi connectivity index (χ2v) is 2.68. The summed E-state index contributed by atoms with van der Waals surface area (Å²) in [7, 11) is 0. The van der Waals surface area contributed by atoms with Gasteiger partial charge in [0, 0.05) is 13.1 Å². The van der Waals surface area contributed by atoms with Gasteiger partial charge in [-0.25, -0.2) is 4.79 Å². The fraction of sp³-hybridized carbons (Fsp3) is 0.875. The second kappa shape index (κ2) is 6.91. The number of nitrogens with one attached hydrogen (secondary N) is 2. The van der Waals surface area contributed by atoms with Gasteiger partial charge in [-0.1, -0.05) is 13.3 Å². The third-order valence-electron chi connectivity index (χ3n) is 1.46. The Bertz CT molecular complexity index is 128.